The van der Waals surface area contributed by atoms with Gasteiger partial charge in [-0.15, -0.1) is 45.5 Å². The normalized spacial score (nSPS) is 14.1. The Labute approximate surface area is 189 Å². The van der Waals surface area contributed by atoms with Crippen LogP contribution in [0.3, 0.4) is 0 Å². The second-order valence-corrected chi connectivity index (χ2v) is 8.12. The van der Waals surface area contributed by atoms with Gasteiger partial charge >= 0.3 is 0 Å². The first-order valence-electron chi connectivity index (χ1n) is 10.2. The van der Waals surface area contributed by atoms with Crippen LogP contribution in [-0.4, -0.2) is 52.3 Å². The van der Waals surface area contributed by atoms with Gasteiger partial charge in [-0.1, -0.05) is 12.5 Å². The summed E-state index contributed by atoms with van der Waals surface area (Å²) in [5.74, 6) is 3.31. The number of aryl methyl sites for hydroxylation is 2. The Bertz CT molecular complexity index is 712. The Kier molecular flexibility index (Phi) is 10.3. The number of likely N-dealkylation sites (N-methyl/N-ethyl adjacent to an activating group) is 1. The zero-order valence-corrected chi connectivity index (χ0v) is 20.2. The van der Waals surface area contributed by atoms with Crippen molar-refractivity contribution < 1.29 is 0 Å². The van der Waals surface area contributed by atoms with Crippen LogP contribution in [0.1, 0.15) is 49.1 Å². The highest BCUT2D eigenvalue weighted by Gasteiger charge is 2.14. The molecule has 28 heavy (non-hydrogen) atoms. The van der Waals surface area contributed by atoms with Crippen molar-refractivity contribution in [2.45, 2.75) is 58.4 Å². The van der Waals surface area contributed by atoms with Crippen LogP contribution in [0.2, 0.25) is 0 Å². The molecule has 8 heteroatoms. The predicted molar refractivity (Wildman–Crippen MR) is 128 cm³/mol. The third-order valence-corrected chi connectivity index (χ3v) is 5.91. The highest BCUT2D eigenvalue weighted by atomic mass is 127. The average Bonchev–Trinajstić information content (AvgIpc) is 3.27. The van der Waals surface area contributed by atoms with E-state index in [4.69, 9.17) is 4.99 Å². The fraction of sp³-hybridized carbons (Fsp3) is 0.650. The van der Waals surface area contributed by atoms with E-state index in [0.29, 0.717) is 0 Å². The minimum absolute atomic E-state index is 0. The second kappa shape index (κ2) is 12.4. The summed E-state index contributed by atoms with van der Waals surface area (Å²) in [6, 6.07) is 4.31. The van der Waals surface area contributed by atoms with Crippen molar-refractivity contribution in [2.24, 2.45) is 4.99 Å². The molecule has 0 atom stereocenters. The standard InChI is InChI=1S/C20H32N6S.HI/c1-3-21-20(25(2)15-12-17-9-8-16-27-17)22-13-7-11-19-24-23-18-10-5-4-6-14-26(18)19;/h8-9,16H,3-7,10-15H2,1-2H3,(H,21,22);1H. The Hall–Kier alpha value is -1.16. The smallest absolute Gasteiger partial charge is 0.193 e. The van der Waals surface area contributed by atoms with E-state index in [2.05, 4.69) is 56.5 Å². The van der Waals surface area contributed by atoms with Gasteiger partial charge in [0, 0.05) is 50.9 Å². The first-order valence-corrected chi connectivity index (χ1v) is 11.1. The van der Waals surface area contributed by atoms with Crippen LogP contribution >= 0.6 is 35.3 Å². The van der Waals surface area contributed by atoms with Crippen molar-refractivity contribution in [3.63, 3.8) is 0 Å². The number of halogens is 1. The number of thiophene rings is 1. The Morgan fingerprint density at radius 2 is 2.18 bits per heavy atom. The summed E-state index contributed by atoms with van der Waals surface area (Å²) in [5.41, 5.74) is 0. The summed E-state index contributed by atoms with van der Waals surface area (Å²) in [4.78, 5) is 8.47. The summed E-state index contributed by atoms with van der Waals surface area (Å²) in [5, 5.41) is 14.4. The van der Waals surface area contributed by atoms with Crippen LogP contribution in [0.4, 0.5) is 0 Å². The van der Waals surface area contributed by atoms with Crippen LogP contribution in [-0.2, 0) is 25.8 Å². The molecule has 0 aromatic carbocycles. The number of rotatable bonds is 8. The van der Waals surface area contributed by atoms with Crippen molar-refractivity contribution in [3.8, 4) is 0 Å². The largest absolute Gasteiger partial charge is 0.357 e. The van der Waals surface area contributed by atoms with Crippen LogP contribution < -0.4 is 5.32 Å². The lowest BCUT2D eigenvalue weighted by Gasteiger charge is -2.21. The summed E-state index contributed by atoms with van der Waals surface area (Å²) in [6.07, 6.45) is 7.88. The SMILES string of the molecule is CCNC(=NCCCc1nnc2n1CCCCC2)N(C)CCc1cccs1.I. The van der Waals surface area contributed by atoms with Crippen molar-refractivity contribution in [1.82, 2.24) is 25.0 Å². The molecule has 3 heterocycles. The lowest BCUT2D eigenvalue weighted by atomic mass is 10.2. The molecule has 3 rings (SSSR count). The number of hydrogen-bond donors (Lipinski definition) is 1. The number of hydrogen-bond acceptors (Lipinski definition) is 4. The molecule has 0 bridgehead atoms. The van der Waals surface area contributed by atoms with E-state index in [1.165, 1.54) is 30.0 Å². The predicted octanol–water partition coefficient (Wildman–Crippen LogP) is 3.76. The van der Waals surface area contributed by atoms with Crippen molar-refractivity contribution in [1.29, 1.82) is 0 Å². The number of fused-ring (bicyclic) bond motifs is 1. The first kappa shape index (κ1) is 23.1. The van der Waals surface area contributed by atoms with Crippen LogP contribution in [0.25, 0.3) is 0 Å². The minimum atomic E-state index is 0. The van der Waals surface area contributed by atoms with Crippen LogP contribution in [0.15, 0.2) is 22.5 Å². The molecule has 2 aromatic rings. The number of nitrogens with zero attached hydrogens (tertiary/aromatic N) is 5. The highest BCUT2D eigenvalue weighted by molar-refractivity contribution is 14.0. The molecular formula is C20H33IN6S. The molecule has 0 aliphatic carbocycles. The third kappa shape index (κ3) is 6.72. The molecule has 0 saturated carbocycles. The Balaban J connectivity index is 0.00000280. The van der Waals surface area contributed by atoms with E-state index >= 15 is 0 Å². The van der Waals surface area contributed by atoms with Gasteiger partial charge < -0.3 is 14.8 Å². The second-order valence-electron chi connectivity index (χ2n) is 7.08. The maximum Gasteiger partial charge on any atom is 0.193 e. The molecule has 156 valence electrons. The lowest BCUT2D eigenvalue weighted by molar-refractivity contribution is 0.486. The molecule has 0 spiro atoms. The molecule has 0 radical (unpaired) electrons. The molecule has 6 nitrogen and oxygen atoms in total. The zero-order valence-electron chi connectivity index (χ0n) is 17.1. The maximum absolute atomic E-state index is 4.82. The van der Waals surface area contributed by atoms with E-state index in [0.717, 1.165) is 63.6 Å². The van der Waals surface area contributed by atoms with Gasteiger partial charge in [0.05, 0.1) is 0 Å². The molecule has 1 aliphatic heterocycles. The van der Waals surface area contributed by atoms with Crippen molar-refractivity contribution in [3.05, 3.63) is 34.0 Å². The van der Waals surface area contributed by atoms with E-state index < -0.39 is 0 Å². The third-order valence-electron chi connectivity index (χ3n) is 4.98. The Morgan fingerprint density at radius 1 is 1.29 bits per heavy atom. The summed E-state index contributed by atoms with van der Waals surface area (Å²) in [7, 11) is 2.12. The molecule has 0 fully saturated rings. The molecule has 0 amide bonds. The van der Waals surface area contributed by atoms with Gasteiger partial charge in [-0.25, -0.2) is 0 Å². The zero-order chi connectivity index (χ0) is 18.9. The lowest BCUT2D eigenvalue weighted by Crippen LogP contribution is -2.40. The van der Waals surface area contributed by atoms with Gasteiger partial charge in [0.2, 0.25) is 0 Å². The fourth-order valence-corrected chi connectivity index (χ4v) is 4.16. The van der Waals surface area contributed by atoms with Gasteiger partial charge in [-0.05, 0) is 44.1 Å². The Morgan fingerprint density at radius 3 is 2.96 bits per heavy atom. The molecule has 0 saturated heterocycles. The van der Waals surface area contributed by atoms with Crippen molar-refractivity contribution in [2.75, 3.05) is 26.7 Å². The van der Waals surface area contributed by atoms with Gasteiger partial charge in [-0.3, -0.25) is 4.99 Å². The molecule has 2 aromatic heterocycles. The first-order chi connectivity index (χ1) is 13.3. The average molecular weight is 516 g/mol. The number of aromatic nitrogens is 3. The molecular weight excluding hydrogens is 483 g/mol. The minimum Gasteiger partial charge on any atom is -0.357 e. The molecule has 1 aliphatic rings. The molecule has 0 unspecified atom stereocenters. The van der Waals surface area contributed by atoms with Crippen LogP contribution in [0.5, 0.6) is 0 Å². The maximum atomic E-state index is 4.82. The quantitative estimate of drug-likeness (QED) is 0.251. The number of aliphatic imine (C=N–C) groups is 1. The van der Waals surface area contributed by atoms with E-state index in [1.807, 2.05) is 11.3 Å². The van der Waals surface area contributed by atoms with Crippen molar-refractivity contribution >= 4 is 41.3 Å². The van der Waals surface area contributed by atoms with Gasteiger partial charge in [0.15, 0.2) is 5.96 Å². The molecule has 1 N–H and O–H groups in total. The summed E-state index contributed by atoms with van der Waals surface area (Å²) >= 11 is 1.82. The summed E-state index contributed by atoms with van der Waals surface area (Å²) < 4.78 is 2.34. The van der Waals surface area contributed by atoms with Crippen LogP contribution in [0, 0.1) is 0 Å². The van der Waals surface area contributed by atoms with E-state index in [-0.39, 0.29) is 24.0 Å². The van der Waals surface area contributed by atoms with Gasteiger partial charge in [0.25, 0.3) is 0 Å². The topological polar surface area (TPSA) is 58.3 Å². The number of guanidine groups is 1. The fourth-order valence-electron chi connectivity index (χ4n) is 3.46. The number of nitrogens with one attached hydrogen (secondary N) is 1. The van der Waals surface area contributed by atoms with Gasteiger partial charge in [0.1, 0.15) is 11.6 Å². The van der Waals surface area contributed by atoms with E-state index in [9.17, 15) is 0 Å². The monoisotopic (exact) mass is 516 g/mol. The van der Waals surface area contributed by atoms with Gasteiger partial charge in [-0.2, -0.15) is 0 Å². The highest BCUT2D eigenvalue weighted by Crippen LogP contribution is 2.15. The summed E-state index contributed by atoms with van der Waals surface area (Å²) in [6.45, 7) is 5.88. The van der Waals surface area contributed by atoms with E-state index in [1.54, 1.807) is 0 Å².